The summed E-state index contributed by atoms with van der Waals surface area (Å²) >= 11 is 0. The highest BCUT2D eigenvalue weighted by atomic mass is 32.2. The number of benzene rings is 2. The van der Waals surface area contributed by atoms with E-state index in [0.717, 1.165) is 22.4 Å². The lowest BCUT2D eigenvalue weighted by Crippen LogP contribution is -2.00. The second kappa shape index (κ2) is 6.44. The Morgan fingerprint density at radius 2 is 1.76 bits per heavy atom. The van der Waals surface area contributed by atoms with Crippen LogP contribution in [0.5, 0.6) is 0 Å². The summed E-state index contributed by atoms with van der Waals surface area (Å²) in [6.07, 6.45) is 2.81. The van der Waals surface area contributed by atoms with Gasteiger partial charge in [0.05, 0.1) is 10.6 Å². The lowest BCUT2D eigenvalue weighted by atomic mass is 10.1. The molecule has 0 aliphatic rings. The molecule has 0 atom stereocenters. The molecule has 0 aliphatic carbocycles. The third-order valence-electron chi connectivity index (χ3n) is 4.06. The quantitative estimate of drug-likeness (QED) is 0.707. The van der Waals surface area contributed by atoms with Crippen LogP contribution in [0.1, 0.15) is 16.8 Å². The summed E-state index contributed by atoms with van der Waals surface area (Å²) in [5, 5.41) is 0. The zero-order valence-electron chi connectivity index (χ0n) is 14.3. The van der Waals surface area contributed by atoms with E-state index in [1.54, 1.807) is 35.0 Å². The molecule has 0 fully saturated rings. The van der Waals surface area contributed by atoms with Crippen molar-refractivity contribution in [3.05, 3.63) is 65.5 Å². The van der Waals surface area contributed by atoms with Crippen LogP contribution < -0.4 is 0 Å². The van der Waals surface area contributed by atoms with Crippen molar-refractivity contribution >= 4 is 9.84 Å². The van der Waals surface area contributed by atoms with Gasteiger partial charge in [0, 0.05) is 23.7 Å². The van der Waals surface area contributed by atoms with Crippen LogP contribution in [-0.2, 0) is 16.5 Å². The first-order chi connectivity index (χ1) is 11.8. The maximum Gasteiger partial charge on any atom is 0.175 e. The Kier molecular flexibility index (Phi) is 4.47. The molecule has 0 radical (unpaired) electrons. The Balaban J connectivity index is 2.15. The van der Waals surface area contributed by atoms with Crippen molar-refractivity contribution in [2.45, 2.75) is 25.4 Å². The van der Waals surface area contributed by atoms with Crippen molar-refractivity contribution < 1.29 is 12.8 Å². The lowest BCUT2D eigenvalue weighted by Gasteiger charge is -2.11. The van der Waals surface area contributed by atoms with Gasteiger partial charge in [0.25, 0.3) is 0 Å². The van der Waals surface area contributed by atoms with Gasteiger partial charge in [0.15, 0.2) is 9.84 Å². The summed E-state index contributed by atoms with van der Waals surface area (Å²) in [6.45, 7) is 3.34. The summed E-state index contributed by atoms with van der Waals surface area (Å²) in [4.78, 5) is 4.65. The molecule has 3 rings (SSSR count). The number of aromatic nitrogens is 2. The van der Waals surface area contributed by atoms with E-state index in [2.05, 4.69) is 11.1 Å². The smallest absolute Gasteiger partial charge is 0.175 e. The number of imidazole rings is 1. The summed E-state index contributed by atoms with van der Waals surface area (Å²) in [5.41, 5.74) is 4.17. The number of sulfone groups is 1. The van der Waals surface area contributed by atoms with Crippen LogP contribution >= 0.6 is 0 Å². The van der Waals surface area contributed by atoms with Gasteiger partial charge in [-0.1, -0.05) is 23.8 Å². The van der Waals surface area contributed by atoms with E-state index in [1.165, 1.54) is 6.26 Å². The predicted molar refractivity (Wildman–Crippen MR) is 96.4 cm³/mol. The van der Waals surface area contributed by atoms with E-state index in [-0.39, 0.29) is 4.90 Å². The molecule has 3 aromatic rings. The molecule has 0 N–H and O–H groups in total. The lowest BCUT2D eigenvalue weighted by molar-refractivity contribution is 0.477. The third kappa shape index (κ3) is 3.49. The number of nitrogens with zero attached hydrogens (tertiary/aromatic N) is 2. The number of hydrogen-bond acceptors (Lipinski definition) is 3. The molecule has 0 spiro atoms. The zero-order valence-corrected chi connectivity index (χ0v) is 15.1. The Morgan fingerprint density at radius 1 is 1.08 bits per heavy atom. The van der Waals surface area contributed by atoms with Crippen molar-refractivity contribution in [2.75, 3.05) is 6.26 Å². The van der Waals surface area contributed by atoms with Crippen LogP contribution in [-0.4, -0.2) is 24.2 Å². The van der Waals surface area contributed by atoms with E-state index in [4.69, 9.17) is 0 Å². The maximum absolute atomic E-state index is 13.2. The van der Waals surface area contributed by atoms with Crippen LogP contribution in [0.15, 0.2) is 53.6 Å². The van der Waals surface area contributed by atoms with Gasteiger partial charge < -0.3 is 0 Å². The largest absolute Gasteiger partial charge is 0.299 e. The third-order valence-corrected chi connectivity index (χ3v) is 5.19. The van der Waals surface area contributed by atoms with Gasteiger partial charge in [0.2, 0.25) is 0 Å². The molecule has 1 heterocycles. The molecule has 0 saturated carbocycles. The number of aryl methyl sites for hydroxylation is 2. The van der Waals surface area contributed by atoms with Gasteiger partial charge in [-0.3, -0.25) is 4.57 Å². The Labute approximate surface area is 146 Å². The number of halogens is 1. The van der Waals surface area contributed by atoms with Crippen molar-refractivity contribution in [3.63, 3.8) is 0 Å². The minimum atomic E-state index is -3.26. The highest BCUT2D eigenvalue weighted by molar-refractivity contribution is 7.90. The van der Waals surface area contributed by atoms with Gasteiger partial charge in [-0.05, 0) is 43.7 Å². The Bertz CT molecular complexity index is 1020. The van der Waals surface area contributed by atoms with Crippen molar-refractivity contribution in [2.24, 2.45) is 0 Å². The van der Waals surface area contributed by atoms with E-state index >= 15 is 0 Å². The van der Waals surface area contributed by atoms with Crippen LogP contribution in [0.2, 0.25) is 0 Å². The van der Waals surface area contributed by atoms with Crippen LogP contribution in [0, 0.1) is 13.8 Å². The number of hydrogen-bond donors (Lipinski definition) is 0. The molecular weight excluding hydrogens is 339 g/mol. The van der Waals surface area contributed by atoms with Crippen molar-refractivity contribution in [3.8, 4) is 17.1 Å². The SMILES string of the molecule is Cc1ccc(-c2nc(CF)cn2-c2ccc(S(C)(=O)=O)cc2)c(C)c1. The normalized spacial score (nSPS) is 11.7. The van der Waals surface area contributed by atoms with Gasteiger partial charge in [-0.2, -0.15) is 0 Å². The average molecular weight is 358 g/mol. The monoisotopic (exact) mass is 358 g/mol. The summed E-state index contributed by atoms with van der Waals surface area (Å²) < 4.78 is 38.2. The first-order valence-electron chi connectivity index (χ1n) is 7.82. The van der Waals surface area contributed by atoms with Gasteiger partial charge in [-0.25, -0.2) is 17.8 Å². The molecule has 0 unspecified atom stereocenters. The minimum Gasteiger partial charge on any atom is -0.299 e. The molecular formula is C19H19FN2O2S. The fourth-order valence-electron chi connectivity index (χ4n) is 2.80. The van der Waals surface area contributed by atoms with Gasteiger partial charge in [-0.15, -0.1) is 0 Å². The summed E-state index contributed by atoms with van der Waals surface area (Å²) in [5.74, 6) is 0.636. The molecule has 1 aromatic heterocycles. The number of rotatable bonds is 4. The molecule has 0 amide bonds. The number of alkyl halides is 1. The molecule has 4 nitrogen and oxygen atoms in total. The second-order valence-electron chi connectivity index (χ2n) is 6.14. The van der Waals surface area contributed by atoms with Crippen molar-refractivity contribution in [1.29, 1.82) is 0 Å². The van der Waals surface area contributed by atoms with Crippen molar-refractivity contribution in [1.82, 2.24) is 9.55 Å². The molecule has 0 bridgehead atoms. The average Bonchev–Trinajstić information content (AvgIpc) is 2.98. The molecule has 2 aromatic carbocycles. The standard InChI is InChI=1S/C19H19FN2O2S/c1-13-4-9-18(14(2)10-13)19-21-15(11-20)12-22(19)16-5-7-17(8-6-16)25(3,23)24/h4-10,12H,11H2,1-3H3. The van der Waals surface area contributed by atoms with Crippen LogP contribution in [0.4, 0.5) is 4.39 Å². The highest BCUT2D eigenvalue weighted by Gasteiger charge is 2.15. The summed E-state index contributed by atoms with van der Waals surface area (Å²) in [6, 6.07) is 12.5. The zero-order chi connectivity index (χ0) is 18.2. The van der Waals surface area contributed by atoms with Gasteiger partial charge in [0.1, 0.15) is 12.5 Å². The first kappa shape index (κ1) is 17.4. The second-order valence-corrected chi connectivity index (χ2v) is 8.16. The van der Waals surface area contributed by atoms with E-state index in [1.807, 2.05) is 26.0 Å². The van der Waals surface area contributed by atoms with Gasteiger partial charge >= 0.3 is 0 Å². The highest BCUT2D eigenvalue weighted by Crippen LogP contribution is 2.27. The molecule has 0 aliphatic heterocycles. The van der Waals surface area contributed by atoms with E-state index in [0.29, 0.717) is 11.5 Å². The van der Waals surface area contributed by atoms with Crippen LogP contribution in [0.25, 0.3) is 17.1 Å². The Morgan fingerprint density at radius 3 is 2.32 bits per heavy atom. The maximum atomic E-state index is 13.2. The van der Waals surface area contributed by atoms with Crippen LogP contribution in [0.3, 0.4) is 0 Å². The molecule has 6 heteroatoms. The minimum absolute atomic E-state index is 0.246. The topological polar surface area (TPSA) is 52.0 Å². The molecule has 130 valence electrons. The molecule has 25 heavy (non-hydrogen) atoms. The predicted octanol–water partition coefficient (Wildman–Crippen LogP) is 4.03. The molecule has 0 saturated heterocycles. The fraction of sp³-hybridized carbons (Fsp3) is 0.211. The first-order valence-corrected chi connectivity index (χ1v) is 9.71. The Hall–Kier alpha value is -2.47. The van der Waals surface area contributed by atoms with E-state index in [9.17, 15) is 12.8 Å². The fourth-order valence-corrected chi connectivity index (χ4v) is 3.43. The van der Waals surface area contributed by atoms with E-state index < -0.39 is 16.5 Å². The summed E-state index contributed by atoms with van der Waals surface area (Å²) in [7, 11) is -3.26.